The zero-order chi connectivity index (χ0) is 13.3. The Morgan fingerprint density at radius 3 is 2.89 bits per heavy atom. The Morgan fingerprint density at radius 2 is 2.33 bits per heavy atom. The van der Waals surface area contributed by atoms with Gasteiger partial charge in [0.05, 0.1) is 24.5 Å². The van der Waals surface area contributed by atoms with Crippen LogP contribution in [0, 0.1) is 6.92 Å². The second-order valence-electron chi connectivity index (χ2n) is 4.08. The van der Waals surface area contributed by atoms with Crippen molar-refractivity contribution in [3.63, 3.8) is 0 Å². The maximum atomic E-state index is 10.3. The molecule has 0 aliphatic heterocycles. The molecule has 0 aliphatic rings. The van der Waals surface area contributed by atoms with Crippen molar-refractivity contribution in [3.05, 3.63) is 32.1 Å². The van der Waals surface area contributed by atoms with Crippen molar-refractivity contribution >= 4 is 27.3 Å². The molecular weight excluding hydrogens is 316 g/mol. The highest BCUT2D eigenvalue weighted by atomic mass is 79.9. The van der Waals surface area contributed by atoms with Crippen molar-refractivity contribution in [1.82, 2.24) is 9.78 Å². The summed E-state index contributed by atoms with van der Waals surface area (Å²) in [5.41, 5.74) is 1.57. The SMILES string of the molecule is COc1c(C(O)Cc2cc(Br)cs2)c(C)nn1C. The number of halogens is 1. The maximum absolute atomic E-state index is 10.3. The molecule has 2 aromatic rings. The number of rotatable bonds is 4. The minimum absolute atomic E-state index is 0.569. The zero-order valence-electron chi connectivity index (χ0n) is 10.5. The molecule has 1 N–H and O–H groups in total. The van der Waals surface area contributed by atoms with Crippen LogP contribution in [-0.2, 0) is 13.5 Å². The molecule has 4 nitrogen and oxygen atoms in total. The van der Waals surface area contributed by atoms with Crippen molar-refractivity contribution in [2.24, 2.45) is 7.05 Å². The summed E-state index contributed by atoms with van der Waals surface area (Å²) in [6.07, 6.45) is -0.0294. The Kier molecular flexibility index (Phi) is 4.09. The van der Waals surface area contributed by atoms with Crippen LogP contribution in [0.1, 0.15) is 22.2 Å². The summed E-state index contributed by atoms with van der Waals surface area (Å²) in [6.45, 7) is 1.88. The molecule has 1 atom stereocenters. The fourth-order valence-corrected chi connectivity index (χ4v) is 3.52. The monoisotopic (exact) mass is 330 g/mol. The van der Waals surface area contributed by atoms with Crippen LogP contribution in [0.3, 0.4) is 0 Å². The maximum Gasteiger partial charge on any atom is 0.217 e. The number of aryl methyl sites for hydroxylation is 2. The van der Waals surface area contributed by atoms with Crippen LogP contribution in [0.4, 0.5) is 0 Å². The van der Waals surface area contributed by atoms with E-state index in [9.17, 15) is 5.11 Å². The average Bonchev–Trinajstić information content (AvgIpc) is 2.82. The summed E-state index contributed by atoms with van der Waals surface area (Å²) in [7, 11) is 3.40. The second-order valence-corrected chi connectivity index (χ2v) is 5.99. The molecule has 0 aliphatic carbocycles. The number of thiophene rings is 1. The third-order valence-electron chi connectivity index (χ3n) is 2.76. The molecule has 0 aromatic carbocycles. The summed E-state index contributed by atoms with van der Waals surface area (Å²) >= 11 is 5.04. The topological polar surface area (TPSA) is 47.3 Å². The first-order valence-electron chi connectivity index (χ1n) is 5.51. The van der Waals surface area contributed by atoms with Crippen LogP contribution in [-0.4, -0.2) is 22.0 Å². The van der Waals surface area contributed by atoms with E-state index in [0.29, 0.717) is 12.3 Å². The molecule has 1 unspecified atom stereocenters. The molecule has 6 heteroatoms. The summed E-state index contributed by atoms with van der Waals surface area (Å²) in [5, 5.41) is 16.6. The standard InChI is InChI=1S/C12H15BrN2O2S/c1-7-11(12(17-3)15(2)14-7)10(16)5-9-4-8(13)6-18-9/h4,6,10,16H,5H2,1-3H3. The van der Waals surface area contributed by atoms with Gasteiger partial charge in [-0.25, -0.2) is 4.68 Å². The third kappa shape index (κ3) is 2.60. The van der Waals surface area contributed by atoms with E-state index in [2.05, 4.69) is 21.0 Å². The molecule has 2 rings (SSSR count). The number of hydrogen-bond acceptors (Lipinski definition) is 4. The van der Waals surface area contributed by atoms with Gasteiger partial charge in [-0.2, -0.15) is 5.10 Å². The Hall–Kier alpha value is -0.850. The van der Waals surface area contributed by atoms with E-state index in [1.54, 1.807) is 23.1 Å². The van der Waals surface area contributed by atoms with Gasteiger partial charge < -0.3 is 9.84 Å². The largest absolute Gasteiger partial charge is 0.481 e. The molecule has 98 valence electrons. The molecule has 2 heterocycles. The van der Waals surface area contributed by atoms with Gasteiger partial charge in [-0.05, 0) is 28.9 Å². The lowest BCUT2D eigenvalue weighted by Crippen LogP contribution is -2.04. The molecule has 0 saturated heterocycles. The zero-order valence-corrected chi connectivity index (χ0v) is 12.9. The van der Waals surface area contributed by atoms with Crippen LogP contribution in [0.5, 0.6) is 5.88 Å². The van der Waals surface area contributed by atoms with Crippen LogP contribution in [0.2, 0.25) is 0 Å². The number of aliphatic hydroxyl groups excluding tert-OH is 1. The van der Waals surface area contributed by atoms with Crippen LogP contribution in [0.25, 0.3) is 0 Å². The number of hydrogen-bond donors (Lipinski definition) is 1. The minimum Gasteiger partial charge on any atom is -0.481 e. The molecule has 0 amide bonds. The lowest BCUT2D eigenvalue weighted by molar-refractivity contribution is 0.173. The third-order valence-corrected chi connectivity index (χ3v) is 4.48. The first-order chi connectivity index (χ1) is 8.52. The number of aliphatic hydroxyl groups is 1. The minimum atomic E-state index is -0.598. The van der Waals surface area contributed by atoms with E-state index in [1.807, 2.05) is 25.4 Å². The fourth-order valence-electron chi connectivity index (χ4n) is 2.03. The van der Waals surface area contributed by atoms with Gasteiger partial charge >= 0.3 is 0 Å². The van der Waals surface area contributed by atoms with Gasteiger partial charge in [0.2, 0.25) is 5.88 Å². The van der Waals surface area contributed by atoms with Gasteiger partial charge in [0.15, 0.2) is 0 Å². The van der Waals surface area contributed by atoms with Gasteiger partial charge in [0.1, 0.15) is 0 Å². The second kappa shape index (κ2) is 5.42. The average molecular weight is 331 g/mol. The van der Waals surface area contributed by atoms with Crippen molar-refractivity contribution in [1.29, 1.82) is 0 Å². The van der Waals surface area contributed by atoms with E-state index in [0.717, 1.165) is 20.6 Å². The Bertz CT molecular complexity index is 550. The molecule has 0 spiro atoms. The smallest absolute Gasteiger partial charge is 0.217 e. The van der Waals surface area contributed by atoms with Crippen LogP contribution in [0.15, 0.2) is 15.9 Å². The molecule has 0 bridgehead atoms. The van der Waals surface area contributed by atoms with Crippen molar-refractivity contribution in [2.75, 3.05) is 7.11 Å². The summed E-state index contributed by atoms with van der Waals surface area (Å²) in [6, 6.07) is 2.02. The highest BCUT2D eigenvalue weighted by Gasteiger charge is 2.22. The van der Waals surface area contributed by atoms with Gasteiger partial charge in [-0.3, -0.25) is 0 Å². The van der Waals surface area contributed by atoms with Gasteiger partial charge in [-0.1, -0.05) is 0 Å². The highest BCUT2D eigenvalue weighted by molar-refractivity contribution is 9.10. The molecular formula is C12H15BrN2O2S. The number of nitrogens with zero attached hydrogens (tertiary/aromatic N) is 2. The quantitative estimate of drug-likeness (QED) is 0.937. The van der Waals surface area contributed by atoms with Gasteiger partial charge in [-0.15, -0.1) is 11.3 Å². The fraction of sp³-hybridized carbons (Fsp3) is 0.417. The highest BCUT2D eigenvalue weighted by Crippen LogP contribution is 2.32. The van der Waals surface area contributed by atoms with Crippen molar-refractivity contribution in [2.45, 2.75) is 19.4 Å². The van der Waals surface area contributed by atoms with Crippen molar-refractivity contribution in [3.8, 4) is 5.88 Å². The van der Waals surface area contributed by atoms with Gasteiger partial charge in [0, 0.05) is 28.2 Å². The van der Waals surface area contributed by atoms with Crippen LogP contribution < -0.4 is 4.74 Å². The first-order valence-corrected chi connectivity index (χ1v) is 7.18. The van der Waals surface area contributed by atoms with E-state index >= 15 is 0 Å². The molecule has 2 aromatic heterocycles. The summed E-state index contributed by atoms with van der Waals surface area (Å²) < 4.78 is 7.99. The number of methoxy groups -OCH3 is 1. The lowest BCUT2D eigenvalue weighted by Gasteiger charge is -2.11. The van der Waals surface area contributed by atoms with E-state index in [4.69, 9.17) is 4.74 Å². The number of ether oxygens (including phenoxy) is 1. The molecule has 0 saturated carbocycles. The van der Waals surface area contributed by atoms with Crippen LogP contribution >= 0.6 is 27.3 Å². The predicted molar refractivity (Wildman–Crippen MR) is 75.2 cm³/mol. The summed E-state index contributed by atoms with van der Waals surface area (Å²) in [5.74, 6) is 0.621. The Morgan fingerprint density at radius 1 is 1.61 bits per heavy atom. The van der Waals surface area contributed by atoms with Gasteiger partial charge in [0.25, 0.3) is 0 Å². The van der Waals surface area contributed by atoms with E-state index in [1.165, 1.54) is 0 Å². The predicted octanol–water partition coefficient (Wildman–Crippen LogP) is 2.84. The van der Waals surface area contributed by atoms with E-state index < -0.39 is 6.10 Å². The first kappa shape index (κ1) is 13.6. The molecule has 0 fully saturated rings. The lowest BCUT2D eigenvalue weighted by atomic mass is 10.1. The normalized spacial score (nSPS) is 12.7. The Labute approximate surface area is 118 Å². The molecule has 18 heavy (non-hydrogen) atoms. The Balaban J connectivity index is 2.25. The van der Waals surface area contributed by atoms with Crippen molar-refractivity contribution < 1.29 is 9.84 Å². The van der Waals surface area contributed by atoms with E-state index in [-0.39, 0.29) is 0 Å². The molecule has 0 radical (unpaired) electrons. The summed E-state index contributed by atoms with van der Waals surface area (Å²) in [4.78, 5) is 1.12. The number of aromatic nitrogens is 2.